The fraction of sp³-hybridized carbons (Fsp3) is 0.500. The number of hydrogen-bond acceptors (Lipinski definition) is 5. The quantitative estimate of drug-likeness (QED) is 0.607. The maximum Gasteiger partial charge on any atom is 0.200 e. The molecule has 0 atom stereocenters. The minimum Gasteiger partial charge on any atom is -0.369 e. The Bertz CT molecular complexity index is 428. The molecule has 1 N–H and O–H groups in total. The molecule has 0 aromatic carbocycles. The lowest BCUT2D eigenvalue weighted by molar-refractivity contribution is 0.731. The summed E-state index contributed by atoms with van der Waals surface area (Å²) in [6.45, 7) is 0.855. The zero-order valence-electron chi connectivity index (χ0n) is 8.10. The average molecular weight is 227 g/mol. The van der Waals surface area contributed by atoms with Crippen LogP contribution in [0.5, 0.6) is 0 Å². The van der Waals surface area contributed by atoms with Gasteiger partial charge in [-0.2, -0.15) is 0 Å². The average Bonchev–Trinajstić information content (AvgIpc) is 2.71. The molecule has 0 fully saturated rings. The van der Waals surface area contributed by atoms with Crippen LogP contribution in [0, 0.1) is 0 Å². The predicted molar refractivity (Wildman–Crippen MR) is 57.0 cm³/mol. The van der Waals surface area contributed by atoms with Gasteiger partial charge in [-0.25, -0.2) is 0 Å². The van der Waals surface area contributed by atoms with Gasteiger partial charge in [0.05, 0.1) is 0 Å². The Morgan fingerprint density at radius 3 is 3.13 bits per heavy atom. The molecule has 7 heteroatoms. The van der Waals surface area contributed by atoms with Crippen molar-refractivity contribution in [1.29, 1.82) is 0 Å². The lowest BCUT2D eigenvalue weighted by Crippen LogP contribution is -2.06. The molecule has 0 aliphatic rings. The Kier molecular flexibility index (Phi) is 3.29. The molecule has 15 heavy (non-hydrogen) atoms. The third-order valence-electron chi connectivity index (χ3n) is 1.94. The van der Waals surface area contributed by atoms with Gasteiger partial charge in [0.15, 0.2) is 5.65 Å². The van der Waals surface area contributed by atoms with E-state index in [1.165, 1.54) is 4.63 Å². The van der Waals surface area contributed by atoms with Crippen LogP contribution >= 0.6 is 11.6 Å². The van der Waals surface area contributed by atoms with Crippen LogP contribution in [0.25, 0.3) is 5.65 Å². The van der Waals surface area contributed by atoms with Crippen LogP contribution in [0.4, 0.5) is 5.82 Å². The molecule has 0 aliphatic heterocycles. The number of nitrogens with zero attached hydrogens (tertiary/aromatic N) is 5. The van der Waals surface area contributed by atoms with Gasteiger partial charge in [-0.1, -0.05) is 0 Å². The van der Waals surface area contributed by atoms with Crippen molar-refractivity contribution in [1.82, 2.24) is 25.3 Å². The molecule has 2 rings (SSSR count). The van der Waals surface area contributed by atoms with Gasteiger partial charge < -0.3 is 5.32 Å². The molecule has 0 spiro atoms. The largest absolute Gasteiger partial charge is 0.369 e. The Hall–Kier alpha value is -1.43. The predicted octanol–water partition coefficient (Wildman–Crippen LogP) is 0.950. The highest BCUT2D eigenvalue weighted by molar-refractivity contribution is 6.17. The summed E-state index contributed by atoms with van der Waals surface area (Å²) < 4.78 is 1.39. The van der Waals surface area contributed by atoms with Gasteiger partial charge >= 0.3 is 0 Å². The zero-order chi connectivity index (χ0) is 10.5. The third-order valence-corrected chi connectivity index (χ3v) is 2.20. The molecule has 0 amide bonds. The van der Waals surface area contributed by atoms with Crippen LogP contribution in [0.2, 0.25) is 0 Å². The van der Waals surface area contributed by atoms with E-state index < -0.39 is 0 Å². The highest BCUT2D eigenvalue weighted by Gasteiger charge is 1.99. The zero-order valence-corrected chi connectivity index (χ0v) is 8.85. The normalized spacial score (nSPS) is 10.7. The second-order valence-corrected chi connectivity index (χ2v) is 3.45. The molecule has 0 aliphatic carbocycles. The van der Waals surface area contributed by atoms with Crippen molar-refractivity contribution in [2.24, 2.45) is 0 Å². The molecule has 2 aromatic heterocycles. The van der Waals surface area contributed by atoms with Crippen LogP contribution in [0.1, 0.15) is 12.8 Å². The van der Waals surface area contributed by atoms with Gasteiger partial charge in [-0.05, 0) is 35.4 Å². The van der Waals surface area contributed by atoms with Crippen LogP contribution in [-0.4, -0.2) is 37.7 Å². The van der Waals surface area contributed by atoms with Gasteiger partial charge in [-0.3, -0.25) is 0 Å². The minimum atomic E-state index is 0.640. The third kappa shape index (κ3) is 2.53. The van der Waals surface area contributed by atoms with Gasteiger partial charge in [0.25, 0.3) is 0 Å². The van der Waals surface area contributed by atoms with Crippen molar-refractivity contribution >= 4 is 23.1 Å². The topological polar surface area (TPSA) is 68.0 Å². The fourth-order valence-electron chi connectivity index (χ4n) is 1.18. The maximum atomic E-state index is 5.57. The number of unbranched alkanes of at least 4 members (excludes halogenated alkanes) is 1. The first-order valence-electron chi connectivity index (χ1n) is 4.75. The standard InChI is InChI=1S/C8H11ClN6/c9-5-1-2-6-10-7-3-4-8-11-13-14-15(8)12-7/h3-4H,1-2,5-6H2,(H,10,12). The van der Waals surface area contributed by atoms with Crippen molar-refractivity contribution in [3.63, 3.8) is 0 Å². The van der Waals surface area contributed by atoms with Crippen molar-refractivity contribution in [2.75, 3.05) is 17.7 Å². The highest BCUT2D eigenvalue weighted by atomic mass is 35.5. The first-order valence-corrected chi connectivity index (χ1v) is 5.29. The summed E-state index contributed by atoms with van der Waals surface area (Å²) in [4.78, 5) is 0. The molecule has 2 aromatic rings. The number of hydrogen-bond donors (Lipinski definition) is 1. The summed E-state index contributed by atoms with van der Waals surface area (Å²) in [6, 6.07) is 3.67. The second kappa shape index (κ2) is 4.88. The van der Waals surface area contributed by atoms with Crippen molar-refractivity contribution in [3.05, 3.63) is 12.1 Å². The monoisotopic (exact) mass is 226 g/mol. The van der Waals surface area contributed by atoms with E-state index in [4.69, 9.17) is 11.6 Å². The Labute approximate surface area is 91.6 Å². The molecule has 0 saturated heterocycles. The van der Waals surface area contributed by atoms with Gasteiger partial charge in [0.2, 0.25) is 0 Å². The van der Waals surface area contributed by atoms with Crippen molar-refractivity contribution in [2.45, 2.75) is 12.8 Å². The van der Waals surface area contributed by atoms with Crippen LogP contribution in [0.15, 0.2) is 12.1 Å². The Balaban J connectivity index is 1.96. The number of alkyl halides is 1. The fourth-order valence-corrected chi connectivity index (χ4v) is 1.37. The Morgan fingerprint density at radius 1 is 1.33 bits per heavy atom. The molecular formula is C8H11ClN6. The van der Waals surface area contributed by atoms with E-state index in [9.17, 15) is 0 Å². The van der Waals surface area contributed by atoms with Crippen LogP contribution in [-0.2, 0) is 0 Å². The van der Waals surface area contributed by atoms with E-state index in [0.717, 1.165) is 25.2 Å². The summed E-state index contributed by atoms with van der Waals surface area (Å²) in [5.74, 6) is 1.46. The van der Waals surface area contributed by atoms with E-state index in [-0.39, 0.29) is 0 Å². The van der Waals surface area contributed by atoms with E-state index >= 15 is 0 Å². The first kappa shape index (κ1) is 10.1. The molecule has 80 valence electrons. The minimum absolute atomic E-state index is 0.640. The van der Waals surface area contributed by atoms with E-state index in [0.29, 0.717) is 11.5 Å². The second-order valence-electron chi connectivity index (χ2n) is 3.07. The summed E-state index contributed by atoms with van der Waals surface area (Å²) in [5, 5.41) is 18.3. The highest BCUT2D eigenvalue weighted by Crippen LogP contribution is 2.03. The first-order chi connectivity index (χ1) is 7.40. The summed E-state index contributed by atoms with van der Waals surface area (Å²) in [5.41, 5.74) is 0.640. The summed E-state index contributed by atoms with van der Waals surface area (Å²) in [6.07, 6.45) is 2.03. The molecule has 0 bridgehead atoms. The summed E-state index contributed by atoms with van der Waals surface area (Å²) >= 11 is 5.57. The number of nitrogens with one attached hydrogen (secondary N) is 1. The molecule has 0 unspecified atom stereocenters. The molecule has 0 saturated carbocycles. The maximum absolute atomic E-state index is 5.57. The smallest absolute Gasteiger partial charge is 0.200 e. The van der Waals surface area contributed by atoms with Gasteiger partial charge in [0.1, 0.15) is 5.82 Å². The number of aromatic nitrogens is 5. The van der Waals surface area contributed by atoms with Crippen LogP contribution < -0.4 is 5.32 Å². The number of halogens is 1. The molecule has 6 nitrogen and oxygen atoms in total. The van der Waals surface area contributed by atoms with Crippen LogP contribution in [0.3, 0.4) is 0 Å². The molecule has 0 radical (unpaired) electrons. The van der Waals surface area contributed by atoms with E-state index in [1.807, 2.05) is 12.1 Å². The number of anilines is 1. The lowest BCUT2D eigenvalue weighted by Gasteiger charge is -2.03. The van der Waals surface area contributed by atoms with Crippen molar-refractivity contribution in [3.8, 4) is 0 Å². The SMILES string of the molecule is ClCCCCNc1ccc2nnnn2n1. The molecular weight excluding hydrogens is 216 g/mol. The number of tetrazole rings is 1. The van der Waals surface area contributed by atoms with E-state index in [2.05, 4.69) is 25.9 Å². The molecule has 2 heterocycles. The lowest BCUT2D eigenvalue weighted by atomic mass is 10.3. The number of rotatable bonds is 5. The van der Waals surface area contributed by atoms with Crippen molar-refractivity contribution < 1.29 is 0 Å². The van der Waals surface area contributed by atoms with Gasteiger partial charge in [-0.15, -0.1) is 26.4 Å². The number of fused-ring (bicyclic) bond motifs is 1. The Morgan fingerprint density at radius 2 is 2.27 bits per heavy atom. The van der Waals surface area contributed by atoms with Gasteiger partial charge in [0, 0.05) is 12.4 Å². The van der Waals surface area contributed by atoms with E-state index in [1.54, 1.807) is 0 Å². The summed E-state index contributed by atoms with van der Waals surface area (Å²) in [7, 11) is 0.